The number of aryl methyl sites for hydroxylation is 1. The van der Waals surface area contributed by atoms with Crippen molar-refractivity contribution in [3.8, 4) is 0 Å². The van der Waals surface area contributed by atoms with Crippen LogP contribution in [0, 0.1) is 0 Å². The van der Waals surface area contributed by atoms with Gasteiger partial charge in [0.25, 0.3) is 0 Å². The molecule has 122 valence electrons. The summed E-state index contributed by atoms with van der Waals surface area (Å²) in [5, 5.41) is 4.86. The zero-order chi connectivity index (χ0) is 16.9. The van der Waals surface area contributed by atoms with Gasteiger partial charge in [-0.2, -0.15) is 5.10 Å². The van der Waals surface area contributed by atoms with Crippen LogP contribution in [0.3, 0.4) is 0 Å². The van der Waals surface area contributed by atoms with E-state index in [0.717, 1.165) is 17.8 Å². The first-order valence-corrected chi connectivity index (χ1v) is 8.93. The monoisotopic (exact) mass is 356 g/mol. The van der Waals surface area contributed by atoms with Crippen LogP contribution in [-0.2, 0) is 13.0 Å². The molecule has 0 aliphatic heterocycles. The summed E-state index contributed by atoms with van der Waals surface area (Å²) in [7, 11) is 0. The van der Waals surface area contributed by atoms with E-state index in [-0.39, 0.29) is 5.78 Å². The van der Waals surface area contributed by atoms with Crippen LogP contribution in [0.25, 0.3) is 6.08 Å². The van der Waals surface area contributed by atoms with E-state index in [0.29, 0.717) is 10.7 Å². The Bertz CT molecular complexity index is 865. The van der Waals surface area contributed by atoms with Crippen molar-refractivity contribution in [3.63, 3.8) is 0 Å². The second-order valence-electron chi connectivity index (χ2n) is 5.34. The van der Waals surface area contributed by atoms with Crippen molar-refractivity contribution >= 4 is 34.8 Å². The maximum Gasteiger partial charge on any atom is 0.195 e. The highest BCUT2D eigenvalue weighted by molar-refractivity contribution is 7.14. The molecular formula is C19H17ClN2OS. The molecule has 0 radical (unpaired) electrons. The van der Waals surface area contributed by atoms with Gasteiger partial charge in [0.05, 0.1) is 9.90 Å². The zero-order valence-electron chi connectivity index (χ0n) is 13.3. The molecular weight excluding hydrogens is 340 g/mol. The summed E-state index contributed by atoms with van der Waals surface area (Å²) in [6, 6.07) is 14.1. The molecule has 2 heterocycles. The summed E-state index contributed by atoms with van der Waals surface area (Å²) >= 11 is 7.63. The summed E-state index contributed by atoms with van der Waals surface area (Å²) in [6.45, 7) is 2.73. The Morgan fingerprint density at radius 2 is 2.04 bits per heavy atom. The lowest BCUT2D eigenvalue weighted by Gasteiger charge is -1.96. The molecule has 3 nitrogen and oxygen atoms in total. The van der Waals surface area contributed by atoms with E-state index in [2.05, 4.69) is 17.2 Å². The van der Waals surface area contributed by atoms with Crippen LogP contribution in [0.1, 0.15) is 32.7 Å². The van der Waals surface area contributed by atoms with Crippen molar-refractivity contribution in [2.24, 2.45) is 0 Å². The standard InChI is InChI=1S/C19H17ClN2OS/c1-2-22-13-16(20)17(21-22)9-10-18(23)19-11-8-15(24-19)12-14-6-4-3-5-7-14/h3-11,13H,2,12H2,1H3/b10-9+. The first kappa shape index (κ1) is 16.7. The smallest absolute Gasteiger partial charge is 0.195 e. The van der Waals surface area contributed by atoms with Gasteiger partial charge in [0.1, 0.15) is 5.69 Å². The third-order valence-corrected chi connectivity index (χ3v) is 4.98. The largest absolute Gasteiger partial charge is 0.288 e. The molecule has 3 aromatic rings. The summed E-state index contributed by atoms with van der Waals surface area (Å²) in [5.74, 6) is -0.0265. The van der Waals surface area contributed by atoms with Crippen LogP contribution in [-0.4, -0.2) is 15.6 Å². The number of carbonyl (C=O) groups excluding carboxylic acids is 1. The van der Waals surface area contributed by atoms with Crippen molar-refractivity contribution < 1.29 is 4.79 Å². The molecule has 5 heteroatoms. The Morgan fingerprint density at radius 1 is 1.25 bits per heavy atom. The molecule has 0 aliphatic rings. The Morgan fingerprint density at radius 3 is 2.75 bits per heavy atom. The number of aromatic nitrogens is 2. The van der Waals surface area contributed by atoms with Crippen molar-refractivity contribution in [1.29, 1.82) is 0 Å². The highest BCUT2D eigenvalue weighted by Gasteiger charge is 2.08. The third kappa shape index (κ3) is 4.02. The van der Waals surface area contributed by atoms with Gasteiger partial charge in [0.2, 0.25) is 0 Å². The average molecular weight is 357 g/mol. The fourth-order valence-electron chi connectivity index (χ4n) is 2.33. The van der Waals surface area contributed by atoms with Gasteiger partial charge in [0.15, 0.2) is 5.78 Å². The number of benzene rings is 1. The van der Waals surface area contributed by atoms with Gasteiger partial charge in [0, 0.05) is 24.0 Å². The number of rotatable bonds is 6. The van der Waals surface area contributed by atoms with Gasteiger partial charge >= 0.3 is 0 Å². The Labute approximate surface area is 150 Å². The molecule has 2 aromatic heterocycles. The fraction of sp³-hybridized carbons (Fsp3) is 0.158. The van der Waals surface area contributed by atoms with Crippen molar-refractivity contribution in [2.45, 2.75) is 19.9 Å². The fourth-order valence-corrected chi connectivity index (χ4v) is 3.50. The number of hydrogen-bond acceptors (Lipinski definition) is 3. The van der Waals surface area contributed by atoms with Crippen LogP contribution < -0.4 is 0 Å². The highest BCUT2D eigenvalue weighted by Crippen LogP contribution is 2.22. The summed E-state index contributed by atoms with van der Waals surface area (Å²) in [5.41, 5.74) is 1.86. The Hall–Kier alpha value is -2.17. The molecule has 0 atom stereocenters. The first-order chi connectivity index (χ1) is 11.7. The maximum atomic E-state index is 12.3. The lowest BCUT2D eigenvalue weighted by molar-refractivity contribution is 0.105. The van der Waals surface area contributed by atoms with Gasteiger partial charge in [-0.25, -0.2) is 0 Å². The second-order valence-corrected chi connectivity index (χ2v) is 6.92. The van der Waals surface area contributed by atoms with Crippen LogP contribution in [0.2, 0.25) is 5.02 Å². The predicted octanol–water partition coefficient (Wildman–Crippen LogP) is 5.10. The number of nitrogens with zero attached hydrogens (tertiary/aromatic N) is 2. The number of ketones is 1. The van der Waals surface area contributed by atoms with E-state index < -0.39 is 0 Å². The minimum atomic E-state index is -0.0265. The second kappa shape index (κ2) is 7.60. The summed E-state index contributed by atoms with van der Waals surface area (Å²) in [6.07, 6.45) is 5.81. The van der Waals surface area contributed by atoms with Crippen molar-refractivity contribution in [2.75, 3.05) is 0 Å². The molecule has 24 heavy (non-hydrogen) atoms. The predicted molar refractivity (Wildman–Crippen MR) is 99.8 cm³/mol. The number of halogens is 1. The van der Waals surface area contributed by atoms with E-state index in [9.17, 15) is 4.79 Å². The van der Waals surface area contributed by atoms with Crippen molar-refractivity contribution in [3.05, 3.63) is 80.8 Å². The quantitative estimate of drug-likeness (QED) is 0.454. The number of carbonyl (C=O) groups is 1. The van der Waals surface area contributed by atoms with E-state index in [1.807, 2.05) is 37.3 Å². The van der Waals surface area contributed by atoms with Crippen molar-refractivity contribution in [1.82, 2.24) is 9.78 Å². The topological polar surface area (TPSA) is 34.9 Å². The molecule has 3 rings (SSSR count). The normalized spacial score (nSPS) is 11.2. The number of hydrogen-bond donors (Lipinski definition) is 0. The molecule has 0 unspecified atom stereocenters. The van der Waals surface area contributed by atoms with Crippen LogP contribution >= 0.6 is 22.9 Å². The lowest BCUT2D eigenvalue weighted by Crippen LogP contribution is -1.94. The van der Waals surface area contributed by atoms with E-state index in [1.54, 1.807) is 17.0 Å². The maximum absolute atomic E-state index is 12.3. The van der Waals surface area contributed by atoms with E-state index in [1.165, 1.54) is 27.9 Å². The van der Waals surface area contributed by atoms with Gasteiger partial charge in [-0.05, 0) is 36.8 Å². The summed E-state index contributed by atoms with van der Waals surface area (Å²) < 4.78 is 1.75. The van der Waals surface area contributed by atoms with Crippen LogP contribution in [0.15, 0.2) is 54.7 Å². The first-order valence-electron chi connectivity index (χ1n) is 7.73. The van der Waals surface area contributed by atoms with E-state index >= 15 is 0 Å². The lowest BCUT2D eigenvalue weighted by atomic mass is 10.1. The van der Waals surface area contributed by atoms with Gasteiger partial charge in [-0.3, -0.25) is 9.48 Å². The van der Waals surface area contributed by atoms with E-state index in [4.69, 9.17) is 11.6 Å². The van der Waals surface area contributed by atoms with Crippen LogP contribution in [0.5, 0.6) is 0 Å². The SMILES string of the molecule is CCn1cc(Cl)c(/C=C/C(=O)c2ccc(Cc3ccccc3)s2)n1. The number of thiophene rings is 1. The Kier molecular flexibility index (Phi) is 5.28. The average Bonchev–Trinajstić information content (AvgIpc) is 3.20. The molecule has 0 saturated carbocycles. The summed E-state index contributed by atoms with van der Waals surface area (Å²) in [4.78, 5) is 14.2. The van der Waals surface area contributed by atoms with Gasteiger partial charge in [-0.1, -0.05) is 41.9 Å². The Balaban J connectivity index is 1.69. The molecule has 0 bridgehead atoms. The molecule has 0 fully saturated rings. The third-order valence-electron chi connectivity index (χ3n) is 3.59. The molecule has 1 aromatic carbocycles. The van der Waals surface area contributed by atoms with Gasteiger partial charge < -0.3 is 0 Å². The zero-order valence-corrected chi connectivity index (χ0v) is 14.8. The molecule has 0 saturated heterocycles. The number of allylic oxidation sites excluding steroid dienone is 1. The van der Waals surface area contributed by atoms with Crippen LogP contribution in [0.4, 0.5) is 0 Å². The molecule has 0 amide bonds. The highest BCUT2D eigenvalue weighted by atomic mass is 35.5. The molecule has 0 spiro atoms. The molecule has 0 N–H and O–H groups in total. The minimum absolute atomic E-state index is 0.0265. The minimum Gasteiger partial charge on any atom is -0.288 e. The molecule has 0 aliphatic carbocycles. The van der Waals surface area contributed by atoms with Gasteiger partial charge in [-0.15, -0.1) is 11.3 Å².